The molecule has 0 amide bonds. The van der Waals surface area contributed by atoms with Gasteiger partial charge in [0, 0.05) is 23.0 Å². The number of hydrogen-bond donors (Lipinski definition) is 0. The molecule has 58 heavy (non-hydrogen) atoms. The van der Waals surface area contributed by atoms with E-state index in [2.05, 4.69) is 188 Å². The topological polar surface area (TPSA) is 49.7 Å². The standard InChI is InChI=1S/C52H37N5.Pt/c1-52(2,3)35-31-42(33-16-6-4-7-17-33)48-40-28-27-34(30-45(40)57(46(48)32-35)47-26-12-13-29-53-47)37-21-15-25-44-50(37)55-51(56(44)36-18-8-5-9-19-36)41-23-14-22-39-38-20-10-11-24-43(38)54-49(39)41;/h4-29,31-32H,1-3H3;/q-2;+2. The summed E-state index contributed by atoms with van der Waals surface area (Å²) in [5.41, 5.74) is 13.5. The van der Waals surface area contributed by atoms with Crippen LogP contribution in [0.25, 0.3) is 99.8 Å². The molecule has 0 unspecified atom stereocenters. The van der Waals surface area contributed by atoms with Crippen LogP contribution in [-0.2, 0) is 26.5 Å². The summed E-state index contributed by atoms with van der Waals surface area (Å²) in [6.45, 7) is 6.84. The SMILES string of the molecule is CC(C)(C)c1cc(-c2ccccc2)c2c3ccc(-c4cccc5c4nc(-c4cccc6c4[n-]c4ccccc46)n5-c4ccccc4)[c-]c3n(-c3ccccn3)c2c1.[Pt+2]. The predicted molar refractivity (Wildman–Crippen MR) is 235 cm³/mol. The third-order valence-corrected chi connectivity index (χ3v) is 11.3. The first-order valence-corrected chi connectivity index (χ1v) is 19.5. The average Bonchev–Trinajstić information content (AvgIpc) is 3.93. The van der Waals surface area contributed by atoms with Crippen molar-refractivity contribution in [1.82, 2.24) is 24.1 Å². The molecule has 0 saturated heterocycles. The third kappa shape index (κ3) is 5.64. The van der Waals surface area contributed by atoms with Gasteiger partial charge in [-0.15, -0.1) is 34.8 Å². The fourth-order valence-corrected chi connectivity index (χ4v) is 8.54. The molecule has 11 rings (SSSR count). The third-order valence-electron chi connectivity index (χ3n) is 11.3. The summed E-state index contributed by atoms with van der Waals surface area (Å²) < 4.78 is 4.56. The smallest absolute Gasteiger partial charge is 0.656 e. The molecule has 5 nitrogen and oxygen atoms in total. The van der Waals surface area contributed by atoms with Crippen LogP contribution in [0.1, 0.15) is 26.3 Å². The first-order valence-electron chi connectivity index (χ1n) is 19.5. The van der Waals surface area contributed by atoms with Crippen LogP contribution >= 0.6 is 0 Å². The number of rotatable bonds is 5. The largest absolute Gasteiger partial charge is 2.00 e. The van der Waals surface area contributed by atoms with Crippen molar-refractivity contribution in [2.24, 2.45) is 0 Å². The minimum atomic E-state index is -0.0716. The summed E-state index contributed by atoms with van der Waals surface area (Å²) in [6, 6.07) is 61.7. The van der Waals surface area contributed by atoms with Gasteiger partial charge in [0.2, 0.25) is 0 Å². The van der Waals surface area contributed by atoms with Crippen LogP contribution in [0.5, 0.6) is 0 Å². The number of imidazole rings is 1. The molecule has 0 aliphatic heterocycles. The molecule has 0 radical (unpaired) electrons. The molecule has 280 valence electrons. The van der Waals surface area contributed by atoms with Gasteiger partial charge in [-0.05, 0) is 80.2 Å². The molecule has 0 bridgehead atoms. The van der Waals surface area contributed by atoms with Crippen LogP contribution in [0.3, 0.4) is 0 Å². The van der Waals surface area contributed by atoms with E-state index in [1.807, 2.05) is 18.3 Å². The van der Waals surface area contributed by atoms with E-state index in [1.165, 1.54) is 22.1 Å². The fourth-order valence-electron chi connectivity index (χ4n) is 8.54. The van der Waals surface area contributed by atoms with Gasteiger partial charge in [-0.2, -0.15) is 0 Å². The molecule has 4 heterocycles. The molecular weight excluding hydrogens is 890 g/mol. The zero-order valence-electron chi connectivity index (χ0n) is 32.2. The normalized spacial score (nSPS) is 11.9. The summed E-state index contributed by atoms with van der Waals surface area (Å²) in [7, 11) is 0. The van der Waals surface area contributed by atoms with Gasteiger partial charge < -0.3 is 9.55 Å². The van der Waals surface area contributed by atoms with E-state index in [1.54, 1.807) is 0 Å². The molecule has 11 aromatic rings. The molecule has 7 aromatic carbocycles. The summed E-state index contributed by atoms with van der Waals surface area (Å²) >= 11 is 0. The quantitative estimate of drug-likeness (QED) is 0.162. The van der Waals surface area contributed by atoms with Crippen molar-refractivity contribution in [2.75, 3.05) is 0 Å². The van der Waals surface area contributed by atoms with E-state index in [0.29, 0.717) is 0 Å². The Kier molecular flexibility index (Phi) is 8.54. The summed E-state index contributed by atoms with van der Waals surface area (Å²) in [6.07, 6.45) is 1.87. The van der Waals surface area contributed by atoms with Crippen LogP contribution in [0.2, 0.25) is 0 Å². The summed E-state index contributed by atoms with van der Waals surface area (Å²) in [5, 5.41) is 4.59. The maximum atomic E-state index is 5.54. The minimum Gasteiger partial charge on any atom is -0.656 e. The van der Waals surface area contributed by atoms with Gasteiger partial charge in [0.1, 0.15) is 11.6 Å². The molecule has 0 atom stereocenters. The summed E-state index contributed by atoms with van der Waals surface area (Å²) in [4.78, 5) is 15.6. The Morgan fingerprint density at radius 2 is 1.31 bits per heavy atom. The number of nitrogens with zero attached hydrogens (tertiary/aromatic N) is 5. The maximum Gasteiger partial charge on any atom is 2.00 e. The van der Waals surface area contributed by atoms with Gasteiger partial charge in [0.25, 0.3) is 0 Å². The fraction of sp³-hybridized carbons (Fsp3) is 0.0769. The molecule has 0 aliphatic rings. The molecule has 6 heteroatoms. The Balaban J connectivity index is 0.00000408. The Bertz CT molecular complexity index is 3310. The number of pyridine rings is 1. The van der Waals surface area contributed by atoms with Crippen molar-refractivity contribution in [2.45, 2.75) is 26.2 Å². The molecule has 0 spiro atoms. The number of benzene rings is 7. The van der Waals surface area contributed by atoms with E-state index in [0.717, 1.165) is 83.3 Å². The van der Waals surface area contributed by atoms with E-state index >= 15 is 0 Å². The Morgan fingerprint density at radius 1 is 0.586 bits per heavy atom. The second-order valence-corrected chi connectivity index (χ2v) is 15.8. The van der Waals surface area contributed by atoms with Crippen molar-refractivity contribution < 1.29 is 21.1 Å². The van der Waals surface area contributed by atoms with Gasteiger partial charge in [-0.25, -0.2) is 9.97 Å². The predicted octanol–water partition coefficient (Wildman–Crippen LogP) is 12.9. The van der Waals surface area contributed by atoms with Gasteiger partial charge in [0.15, 0.2) is 0 Å². The monoisotopic (exact) mass is 926 g/mol. The van der Waals surface area contributed by atoms with Crippen LogP contribution in [0, 0.1) is 6.07 Å². The first kappa shape index (κ1) is 35.8. The minimum absolute atomic E-state index is 0. The number of aromatic nitrogens is 5. The van der Waals surface area contributed by atoms with E-state index in [9.17, 15) is 0 Å². The van der Waals surface area contributed by atoms with Crippen molar-refractivity contribution in [3.8, 4) is 45.1 Å². The number of para-hydroxylation sites is 4. The van der Waals surface area contributed by atoms with Crippen LogP contribution in [-0.4, -0.2) is 19.1 Å². The molecule has 4 aromatic heterocycles. The second-order valence-electron chi connectivity index (χ2n) is 15.8. The molecule has 0 saturated carbocycles. The molecule has 0 N–H and O–H groups in total. The van der Waals surface area contributed by atoms with Crippen molar-refractivity contribution in [3.63, 3.8) is 0 Å². The van der Waals surface area contributed by atoms with Gasteiger partial charge in [0.05, 0.1) is 11.0 Å². The van der Waals surface area contributed by atoms with Crippen molar-refractivity contribution >= 4 is 54.6 Å². The van der Waals surface area contributed by atoms with Crippen molar-refractivity contribution in [3.05, 3.63) is 182 Å². The van der Waals surface area contributed by atoms with E-state index in [-0.39, 0.29) is 26.5 Å². The van der Waals surface area contributed by atoms with Crippen LogP contribution in [0.4, 0.5) is 0 Å². The van der Waals surface area contributed by atoms with Crippen LogP contribution < -0.4 is 4.98 Å². The van der Waals surface area contributed by atoms with Crippen molar-refractivity contribution in [1.29, 1.82) is 0 Å². The van der Waals surface area contributed by atoms with E-state index in [4.69, 9.17) is 15.0 Å². The zero-order valence-corrected chi connectivity index (χ0v) is 34.5. The van der Waals surface area contributed by atoms with E-state index < -0.39 is 0 Å². The first-order chi connectivity index (χ1) is 27.9. The molecule has 0 aliphatic carbocycles. The Hall–Kier alpha value is -6.55. The summed E-state index contributed by atoms with van der Waals surface area (Å²) in [5.74, 6) is 1.70. The van der Waals surface area contributed by atoms with Gasteiger partial charge in [-0.3, -0.25) is 4.57 Å². The van der Waals surface area contributed by atoms with Crippen LogP contribution in [0.15, 0.2) is 170 Å². The maximum absolute atomic E-state index is 5.54. The van der Waals surface area contributed by atoms with Gasteiger partial charge >= 0.3 is 21.1 Å². The molecular formula is C52H37N5Pt. The van der Waals surface area contributed by atoms with Gasteiger partial charge in [-0.1, -0.05) is 147 Å². The number of hydrogen-bond acceptors (Lipinski definition) is 2. The Morgan fingerprint density at radius 3 is 2.10 bits per heavy atom. The average molecular weight is 927 g/mol. The number of fused-ring (bicyclic) bond motifs is 7. The second kappa shape index (κ2) is 13.8. The zero-order chi connectivity index (χ0) is 38.3. The Labute approximate surface area is 350 Å². The molecule has 0 fully saturated rings.